The smallest absolute Gasteiger partial charge is 0.338 e. The topological polar surface area (TPSA) is 44.8 Å². The van der Waals surface area contributed by atoms with Crippen molar-refractivity contribution in [2.45, 2.75) is 85.2 Å². The number of hydrogen-bond donors (Lipinski definition) is 0. The summed E-state index contributed by atoms with van der Waals surface area (Å²) < 4.78 is 17.9. The van der Waals surface area contributed by atoms with Crippen molar-refractivity contribution in [3.8, 4) is 0 Å². The Kier molecular flexibility index (Phi) is 7.47. The number of hydrogen-bond acceptors (Lipinski definition) is 4. The molecule has 1 aromatic rings. The van der Waals surface area contributed by atoms with Crippen LogP contribution in [0.1, 0.15) is 77.6 Å². The van der Waals surface area contributed by atoms with Gasteiger partial charge in [-0.15, -0.1) is 0 Å². The van der Waals surface area contributed by atoms with Crippen molar-refractivity contribution in [2.75, 3.05) is 6.61 Å². The van der Waals surface area contributed by atoms with Crippen LogP contribution in [0.4, 0.5) is 0 Å². The molecule has 0 saturated heterocycles. The number of rotatable bonds is 7. The van der Waals surface area contributed by atoms with E-state index in [0.29, 0.717) is 11.5 Å². The van der Waals surface area contributed by atoms with Crippen LogP contribution < -0.4 is 0 Å². The highest BCUT2D eigenvalue weighted by Gasteiger charge is 2.38. The lowest BCUT2D eigenvalue weighted by Gasteiger charge is -2.43. The molecule has 0 N–H and O–H groups in total. The van der Waals surface area contributed by atoms with Crippen molar-refractivity contribution >= 4 is 5.97 Å². The Balaban J connectivity index is 1.86. The molecule has 27 heavy (non-hydrogen) atoms. The average Bonchev–Trinajstić information content (AvgIpc) is 2.59. The predicted octanol–water partition coefficient (Wildman–Crippen LogP) is 5.61. The molecule has 0 bridgehead atoms. The van der Waals surface area contributed by atoms with Crippen LogP contribution in [0.5, 0.6) is 0 Å². The van der Waals surface area contributed by atoms with E-state index >= 15 is 0 Å². The summed E-state index contributed by atoms with van der Waals surface area (Å²) in [5.41, 5.74) is 0.772. The van der Waals surface area contributed by atoms with Crippen LogP contribution in [-0.4, -0.2) is 30.6 Å². The van der Waals surface area contributed by atoms with Gasteiger partial charge in [0.2, 0.25) is 0 Å². The third-order valence-corrected chi connectivity index (χ3v) is 5.19. The molecular formula is C23H36O4. The van der Waals surface area contributed by atoms with E-state index in [1.807, 2.05) is 39.0 Å². The summed E-state index contributed by atoms with van der Waals surface area (Å²) in [6.07, 6.45) is 4.71. The maximum atomic E-state index is 12.1. The Morgan fingerprint density at radius 3 is 2.33 bits per heavy atom. The molecular weight excluding hydrogens is 340 g/mol. The van der Waals surface area contributed by atoms with Gasteiger partial charge in [-0.2, -0.15) is 0 Å². The zero-order valence-corrected chi connectivity index (χ0v) is 17.8. The quantitative estimate of drug-likeness (QED) is 0.458. The first-order chi connectivity index (χ1) is 12.6. The highest BCUT2D eigenvalue weighted by atomic mass is 16.7. The fraction of sp³-hybridized carbons (Fsp3) is 0.696. The van der Waals surface area contributed by atoms with Gasteiger partial charge in [0.1, 0.15) is 6.61 Å². The summed E-state index contributed by atoms with van der Waals surface area (Å²) in [6, 6.07) is 9.01. The van der Waals surface area contributed by atoms with E-state index in [1.54, 1.807) is 12.1 Å². The minimum Gasteiger partial charge on any atom is -0.459 e. The van der Waals surface area contributed by atoms with Gasteiger partial charge in [0, 0.05) is 0 Å². The van der Waals surface area contributed by atoms with Gasteiger partial charge in [-0.3, -0.25) is 0 Å². The first-order valence-electron chi connectivity index (χ1n) is 10.2. The Bertz CT molecular complexity index is 588. The first-order valence-corrected chi connectivity index (χ1v) is 10.2. The first kappa shape index (κ1) is 21.9. The molecule has 0 aromatic heterocycles. The van der Waals surface area contributed by atoms with Gasteiger partial charge >= 0.3 is 5.97 Å². The fourth-order valence-corrected chi connectivity index (χ4v) is 3.99. The summed E-state index contributed by atoms with van der Waals surface area (Å²) in [5, 5.41) is 0. The van der Waals surface area contributed by atoms with E-state index in [4.69, 9.17) is 14.2 Å². The molecule has 1 saturated carbocycles. The van der Waals surface area contributed by atoms with Crippen molar-refractivity contribution in [1.29, 1.82) is 0 Å². The number of carbonyl (C=O) groups excluding carboxylic acids is 1. The Hall–Kier alpha value is -1.39. The lowest BCUT2D eigenvalue weighted by atomic mass is 9.70. The summed E-state index contributed by atoms with van der Waals surface area (Å²) in [4.78, 5) is 12.1. The molecule has 0 radical (unpaired) electrons. The second-order valence-corrected chi connectivity index (χ2v) is 9.21. The Morgan fingerprint density at radius 1 is 1.07 bits per heavy atom. The highest BCUT2D eigenvalue weighted by Crippen LogP contribution is 2.41. The van der Waals surface area contributed by atoms with Crippen LogP contribution in [0.15, 0.2) is 30.3 Å². The van der Waals surface area contributed by atoms with E-state index in [-0.39, 0.29) is 30.2 Å². The van der Waals surface area contributed by atoms with Crippen LogP contribution in [-0.2, 0) is 14.2 Å². The lowest BCUT2D eigenvalue weighted by molar-refractivity contribution is -0.274. The van der Waals surface area contributed by atoms with Crippen molar-refractivity contribution in [2.24, 2.45) is 11.3 Å². The van der Waals surface area contributed by atoms with Crippen molar-refractivity contribution in [3.05, 3.63) is 35.9 Å². The van der Waals surface area contributed by atoms with E-state index in [0.717, 1.165) is 6.42 Å². The SMILES string of the molecule is CC(COC(=O)c1ccccc1)OC(C)(C)OC1CCCCC1C(C)(C)C. The molecule has 0 heterocycles. The Labute approximate surface area is 164 Å². The Morgan fingerprint density at radius 2 is 1.70 bits per heavy atom. The molecule has 1 aromatic carbocycles. The third kappa shape index (κ3) is 6.93. The molecule has 1 aliphatic carbocycles. The van der Waals surface area contributed by atoms with Crippen molar-refractivity contribution < 1.29 is 19.0 Å². The minimum atomic E-state index is -0.718. The maximum Gasteiger partial charge on any atom is 0.338 e. The molecule has 152 valence electrons. The van der Waals surface area contributed by atoms with Gasteiger partial charge < -0.3 is 14.2 Å². The summed E-state index contributed by atoms with van der Waals surface area (Å²) in [7, 11) is 0. The standard InChI is InChI=1S/C23H36O4/c1-17(16-25-21(24)18-12-8-7-9-13-18)26-23(5,6)27-20-15-11-10-14-19(20)22(2,3)4/h7-9,12-13,17,19-20H,10-11,14-16H2,1-6H3. The molecule has 0 amide bonds. The summed E-state index contributed by atoms with van der Waals surface area (Å²) in [5.74, 6) is -0.519. The minimum absolute atomic E-state index is 0.202. The number of esters is 1. The molecule has 2 rings (SSSR count). The van der Waals surface area contributed by atoms with Crippen molar-refractivity contribution in [3.63, 3.8) is 0 Å². The van der Waals surface area contributed by atoms with Gasteiger partial charge in [-0.1, -0.05) is 51.8 Å². The van der Waals surface area contributed by atoms with Gasteiger partial charge in [-0.05, 0) is 57.1 Å². The zero-order chi connectivity index (χ0) is 20.1. The van der Waals surface area contributed by atoms with Gasteiger partial charge in [0.05, 0.1) is 17.8 Å². The van der Waals surface area contributed by atoms with E-state index in [9.17, 15) is 4.79 Å². The molecule has 3 unspecified atom stereocenters. The lowest BCUT2D eigenvalue weighted by Crippen LogP contribution is -2.44. The van der Waals surface area contributed by atoms with Crippen LogP contribution in [0.2, 0.25) is 0 Å². The normalized spacial score (nSPS) is 22.3. The second-order valence-electron chi connectivity index (χ2n) is 9.21. The number of carbonyl (C=O) groups is 1. The largest absolute Gasteiger partial charge is 0.459 e. The second kappa shape index (κ2) is 9.20. The van der Waals surface area contributed by atoms with E-state index in [1.165, 1.54) is 19.3 Å². The molecule has 1 fully saturated rings. The fourth-order valence-electron chi connectivity index (χ4n) is 3.99. The third-order valence-electron chi connectivity index (χ3n) is 5.19. The van der Waals surface area contributed by atoms with Crippen LogP contribution in [0, 0.1) is 11.3 Å². The van der Waals surface area contributed by atoms with Gasteiger partial charge in [0.15, 0.2) is 5.79 Å². The zero-order valence-electron chi connectivity index (χ0n) is 17.8. The van der Waals surface area contributed by atoms with E-state index in [2.05, 4.69) is 20.8 Å². The van der Waals surface area contributed by atoms with Gasteiger partial charge in [0.25, 0.3) is 0 Å². The molecule has 0 spiro atoms. The van der Waals surface area contributed by atoms with Crippen LogP contribution >= 0.6 is 0 Å². The number of benzene rings is 1. The summed E-state index contributed by atoms with van der Waals surface area (Å²) >= 11 is 0. The van der Waals surface area contributed by atoms with Crippen LogP contribution in [0.25, 0.3) is 0 Å². The molecule has 4 nitrogen and oxygen atoms in total. The molecule has 4 heteroatoms. The number of ether oxygens (including phenoxy) is 3. The van der Waals surface area contributed by atoms with Crippen molar-refractivity contribution in [1.82, 2.24) is 0 Å². The molecule has 3 atom stereocenters. The maximum absolute atomic E-state index is 12.1. The predicted molar refractivity (Wildman–Crippen MR) is 108 cm³/mol. The molecule has 0 aliphatic heterocycles. The highest BCUT2D eigenvalue weighted by molar-refractivity contribution is 5.89. The van der Waals surface area contributed by atoms with E-state index < -0.39 is 5.79 Å². The molecule has 1 aliphatic rings. The van der Waals surface area contributed by atoms with Crippen LogP contribution in [0.3, 0.4) is 0 Å². The van der Waals surface area contributed by atoms with Gasteiger partial charge in [-0.25, -0.2) is 4.79 Å². The average molecular weight is 377 g/mol. The monoisotopic (exact) mass is 376 g/mol. The summed E-state index contributed by atoms with van der Waals surface area (Å²) in [6.45, 7) is 12.9.